The summed E-state index contributed by atoms with van der Waals surface area (Å²) in [4.78, 5) is 17.4. The minimum Gasteiger partial charge on any atom is -0.295 e. The fraction of sp³-hybridized carbons (Fsp3) is 0.375. The van der Waals surface area contributed by atoms with Crippen LogP contribution in [0.5, 0.6) is 0 Å². The second kappa shape index (κ2) is 6.20. The van der Waals surface area contributed by atoms with E-state index in [1.165, 1.54) is 5.57 Å². The number of hydrogen-bond acceptors (Lipinski definition) is 3. The molecule has 100 valence electrons. The van der Waals surface area contributed by atoms with Crippen molar-refractivity contribution in [2.24, 2.45) is 4.99 Å². The predicted octanol–water partition coefficient (Wildman–Crippen LogP) is 4.81. The molecule has 1 aromatic carbocycles. The Labute approximate surface area is 119 Å². The van der Waals surface area contributed by atoms with Crippen LogP contribution in [-0.4, -0.2) is 17.2 Å². The molecule has 0 radical (unpaired) electrons. The van der Waals surface area contributed by atoms with Crippen molar-refractivity contribution in [2.45, 2.75) is 38.5 Å². The summed E-state index contributed by atoms with van der Waals surface area (Å²) in [7, 11) is 0. The van der Waals surface area contributed by atoms with Gasteiger partial charge in [-0.25, -0.2) is 0 Å². The highest BCUT2D eigenvalue weighted by Crippen LogP contribution is 2.36. The molecular formula is C16H19NOS. The molecule has 1 aliphatic heterocycles. The van der Waals surface area contributed by atoms with E-state index >= 15 is 0 Å². The first kappa shape index (κ1) is 14.1. The Balaban J connectivity index is 2.49. The van der Waals surface area contributed by atoms with Crippen LogP contribution in [0.3, 0.4) is 0 Å². The van der Waals surface area contributed by atoms with E-state index in [0.29, 0.717) is 0 Å². The van der Waals surface area contributed by atoms with Crippen molar-refractivity contribution in [3.8, 4) is 0 Å². The molecule has 0 amide bonds. The van der Waals surface area contributed by atoms with E-state index in [0.717, 1.165) is 40.5 Å². The molecule has 0 aromatic heterocycles. The summed E-state index contributed by atoms with van der Waals surface area (Å²) in [6, 6.07) is 5.82. The molecule has 0 atom stereocenters. The van der Waals surface area contributed by atoms with Gasteiger partial charge in [0.25, 0.3) is 0 Å². The third-order valence-electron chi connectivity index (χ3n) is 3.21. The zero-order valence-electron chi connectivity index (χ0n) is 11.7. The number of carbonyl (C=O) groups excluding carboxylic acids is 1. The number of fused-ring (bicyclic) bond motifs is 1. The van der Waals surface area contributed by atoms with Gasteiger partial charge in [-0.05, 0) is 38.0 Å². The highest BCUT2D eigenvalue weighted by Gasteiger charge is 2.15. The van der Waals surface area contributed by atoms with Crippen molar-refractivity contribution in [1.82, 2.24) is 0 Å². The number of Topliss-reactive ketones (excluding diaryl/α,β-unsaturated/α-hetero) is 1. The van der Waals surface area contributed by atoms with Crippen LogP contribution < -0.4 is 0 Å². The number of allylic oxidation sites excluding steroid dienone is 1. The molecule has 0 aliphatic carbocycles. The van der Waals surface area contributed by atoms with Gasteiger partial charge in [-0.15, -0.1) is 11.8 Å². The van der Waals surface area contributed by atoms with Gasteiger partial charge in [-0.3, -0.25) is 9.79 Å². The summed E-state index contributed by atoms with van der Waals surface area (Å²) in [5.74, 6) is 1.05. The second-order valence-electron chi connectivity index (χ2n) is 4.65. The first-order chi connectivity index (χ1) is 9.15. The van der Waals surface area contributed by atoms with Crippen molar-refractivity contribution < 1.29 is 4.79 Å². The SMILES string of the molecule is C/C=C1\CSc2ccc(C(C)=O)cc2N=C1CCC. The fourth-order valence-electron chi connectivity index (χ4n) is 2.11. The van der Waals surface area contributed by atoms with Gasteiger partial charge in [0.05, 0.1) is 5.69 Å². The Morgan fingerprint density at radius 2 is 2.26 bits per heavy atom. The van der Waals surface area contributed by atoms with Crippen LogP contribution in [0.2, 0.25) is 0 Å². The van der Waals surface area contributed by atoms with Crippen molar-refractivity contribution >= 4 is 28.9 Å². The lowest BCUT2D eigenvalue weighted by atomic mass is 10.1. The third kappa shape index (κ3) is 3.16. The van der Waals surface area contributed by atoms with Gasteiger partial charge in [0.1, 0.15) is 0 Å². The smallest absolute Gasteiger partial charge is 0.159 e. The molecule has 0 spiro atoms. The lowest BCUT2D eigenvalue weighted by Gasteiger charge is -2.05. The average molecular weight is 273 g/mol. The largest absolute Gasteiger partial charge is 0.295 e. The highest BCUT2D eigenvalue weighted by molar-refractivity contribution is 7.99. The number of hydrogen-bond donors (Lipinski definition) is 0. The quantitative estimate of drug-likeness (QED) is 0.739. The van der Waals surface area contributed by atoms with E-state index in [1.807, 2.05) is 18.2 Å². The number of benzene rings is 1. The normalized spacial score (nSPS) is 16.8. The summed E-state index contributed by atoms with van der Waals surface area (Å²) in [6.45, 7) is 5.83. The standard InChI is InChI=1S/C16H19NOS/c1-4-6-14-12(5-2)10-19-16-8-7-13(11(3)18)9-15(16)17-14/h5,7-9H,4,6,10H2,1-3H3/b12-5+. The molecule has 0 N–H and O–H groups in total. The number of ketones is 1. The van der Waals surface area contributed by atoms with E-state index in [9.17, 15) is 4.79 Å². The lowest BCUT2D eigenvalue weighted by Crippen LogP contribution is -2.03. The fourth-order valence-corrected chi connectivity index (χ4v) is 3.17. The zero-order valence-corrected chi connectivity index (χ0v) is 12.5. The molecule has 0 saturated heterocycles. The summed E-state index contributed by atoms with van der Waals surface area (Å²) >= 11 is 1.80. The van der Waals surface area contributed by atoms with Crippen LogP contribution in [0.4, 0.5) is 5.69 Å². The number of rotatable bonds is 3. The van der Waals surface area contributed by atoms with Gasteiger partial charge in [-0.2, -0.15) is 0 Å². The molecule has 1 heterocycles. The van der Waals surface area contributed by atoms with Gasteiger partial charge in [0.2, 0.25) is 0 Å². The highest BCUT2D eigenvalue weighted by atomic mass is 32.2. The van der Waals surface area contributed by atoms with Crippen LogP contribution in [0.25, 0.3) is 0 Å². The van der Waals surface area contributed by atoms with E-state index < -0.39 is 0 Å². The summed E-state index contributed by atoms with van der Waals surface area (Å²) in [6.07, 6.45) is 4.23. The first-order valence-electron chi connectivity index (χ1n) is 6.66. The molecule has 2 rings (SSSR count). The monoisotopic (exact) mass is 273 g/mol. The second-order valence-corrected chi connectivity index (χ2v) is 5.67. The Morgan fingerprint density at radius 1 is 1.47 bits per heavy atom. The third-order valence-corrected chi connectivity index (χ3v) is 4.32. The summed E-state index contributed by atoms with van der Waals surface area (Å²) in [5.41, 5.74) is 4.16. The number of carbonyl (C=O) groups is 1. The number of thioether (sulfide) groups is 1. The topological polar surface area (TPSA) is 29.4 Å². The Morgan fingerprint density at radius 3 is 2.89 bits per heavy atom. The molecule has 1 aliphatic rings. The van der Waals surface area contributed by atoms with E-state index in [-0.39, 0.29) is 5.78 Å². The number of aliphatic imine (C=N–C) groups is 1. The molecular weight excluding hydrogens is 254 g/mol. The van der Waals surface area contributed by atoms with E-state index in [4.69, 9.17) is 4.99 Å². The molecule has 0 saturated carbocycles. The molecule has 1 aromatic rings. The maximum atomic E-state index is 11.5. The average Bonchev–Trinajstić information content (AvgIpc) is 2.57. The summed E-state index contributed by atoms with van der Waals surface area (Å²) in [5, 5.41) is 0. The van der Waals surface area contributed by atoms with Gasteiger partial charge in [-0.1, -0.05) is 25.5 Å². The molecule has 3 heteroatoms. The molecule has 0 bridgehead atoms. The Hall–Kier alpha value is -1.35. The van der Waals surface area contributed by atoms with Gasteiger partial charge in [0.15, 0.2) is 5.78 Å². The maximum absolute atomic E-state index is 11.5. The van der Waals surface area contributed by atoms with Crippen molar-refractivity contribution in [3.05, 3.63) is 35.4 Å². The Kier molecular flexibility index (Phi) is 4.59. The zero-order chi connectivity index (χ0) is 13.8. The maximum Gasteiger partial charge on any atom is 0.159 e. The van der Waals surface area contributed by atoms with Crippen molar-refractivity contribution in [3.63, 3.8) is 0 Å². The summed E-state index contributed by atoms with van der Waals surface area (Å²) < 4.78 is 0. The van der Waals surface area contributed by atoms with Crippen LogP contribution in [0.15, 0.2) is 39.7 Å². The van der Waals surface area contributed by atoms with Crippen LogP contribution >= 0.6 is 11.8 Å². The van der Waals surface area contributed by atoms with Crippen LogP contribution in [0, 0.1) is 0 Å². The van der Waals surface area contributed by atoms with Crippen LogP contribution in [-0.2, 0) is 0 Å². The minimum absolute atomic E-state index is 0.0931. The number of nitrogens with zero attached hydrogens (tertiary/aromatic N) is 1. The van der Waals surface area contributed by atoms with E-state index in [1.54, 1.807) is 18.7 Å². The molecule has 0 unspecified atom stereocenters. The lowest BCUT2D eigenvalue weighted by molar-refractivity contribution is 0.101. The van der Waals surface area contributed by atoms with Crippen molar-refractivity contribution in [1.29, 1.82) is 0 Å². The predicted molar refractivity (Wildman–Crippen MR) is 82.9 cm³/mol. The minimum atomic E-state index is 0.0931. The Bertz CT molecular complexity index is 558. The van der Waals surface area contributed by atoms with Crippen LogP contribution in [0.1, 0.15) is 44.0 Å². The van der Waals surface area contributed by atoms with E-state index in [2.05, 4.69) is 19.9 Å². The molecule has 19 heavy (non-hydrogen) atoms. The van der Waals surface area contributed by atoms with Gasteiger partial charge in [0, 0.05) is 21.9 Å². The van der Waals surface area contributed by atoms with Crippen molar-refractivity contribution in [2.75, 3.05) is 5.75 Å². The molecule has 0 fully saturated rings. The van der Waals surface area contributed by atoms with Gasteiger partial charge >= 0.3 is 0 Å². The molecule has 2 nitrogen and oxygen atoms in total. The van der Waals surface area contributed by atoms with Gasteiger partial charge < -0.3 is 0 Å². The first-order valence-corrected chi connectivity index (χ1v) is 7.65.